The molecule has 0 aliphatic carbocycles. The summed E-state index contributed by atoms with van der Waals surface area (Å²) in [6.07, 6.45) is 2.86. The first-order valence-corrected chi connectivity index (χ1v) is 5.69. The highest BCUT2D eigenvalue weighted by Gasteiger charge is 2.11. The third kappa shape index (κ3) is 2.22. The number of rotatable bonds is 3. The molecule has 0 aliphatic heterocycles. The van der Waals surface area contributed by atoms with E-state index in [0.717, 1.165) is 5.56 Å². The molecule has 0 unspecified atom stereocenters. The molecule has 94 valence electrons. The lowest BCUT2D eigenvalue weighted by Crippen LogP contribution is -1.98. The predicted molar refractivity (Wildman–Crippen MR) is 68.3 cm³/mol. The van der Waals surface area contributed by atoms with E-state index in [1.54, 1.807) is 31.2 Å². The molecule has 1 aromatic heterocycles. The summed E-state index contributed by atoms with van der Waals surface area (Å²) in [4.78, 5) is 11.2. The van der Waals surface area contributed by atoms with Gasteiger partial charge < -0.3 is 14.3 Å². The van der Waals surface area contributed by atoms with Gasteiger partial charge >= 0.3 is 5.97 Å². The Morgan fingerprint density at radius 1 is 1.50 bits per heavy atom. The maximum absolute atomic E-state index is 11.2. The number of aromatic hydroxyl groups is 1. The number of hydrogen-bond donors (Lipinski definition) is 1. The molecule has 0 radical (unpaired) electrons. The van der Waals surface area contributed by atoms with Crippen molar-refractivity contribution in [3.05, 3.63) is 35.6 Å². The van der Waals surface area contributed by atoms with Crippen molar-refractivity contribution in [3.63, 3.8) is 0 Å². The predicted octanol–water partition coefficient (Wildman–Crippen LogP) is 3.02. The Hall–Kier alpha value is -2.23. The Morgan fingerprint density at radius 3 is 2.94 bits per heavy atom. The highest BCUT2D eigenvalue weighted by atomic mass is 16.5. The van der Waals surface area contributed by atoms with E-state index in [1.807, 2.05) is 6.92 Å². The minimum Gasteiger partial charge on any atom is -0.507 e. The van der Waals surface area contributed by atoms with Gasteiger partial charge in [0.1, 0.15) is 17.1 Å². The maximum atomic E-state index is 11.2. The van der Waals surface area contributed by atoms with Crippen molar-refractivity contribution in [2.24, 2.45) is 0 Å². The topological polar surface area (TPSA) is 59.7 Å². The number of hydrogen-bond acceptors (Lipinski definition) is 4. The smallest absolute Gasteiger partial charge is 0.330 e. The Bertz CT molecular complexity index is 608. The van der Waals surface area contributed by atoms with Crippen LogP contribution in [0.3, 0.4) is 0 Å². The van der Waals surface area contributed by atoms with E-state index in [2.05, 4.69) is 0 Å². The lowest BCUT2D eigenvalue weighted by Gasteiger charge is -1.94. The number of ether oxygens (including phenoxy) is 1. The molecule has 0 saturated heterocycles. The van der Waals surface area contributed by atoms with Gasteiger partial charge in [-0.05, 0) is 32.1 Å². The van der Waals surface area contributed by atoms with Gasteiger partial charge in [-0.25, -0.2) is 4.79 Å². The molecule has 0 spiro atoms. The first kappa shape index (κ1) is 12.2. The Kier molecular flexibility index (Phi) is 3.37. The van der Waals surface area contributed by atoms with Crippen LogP contribution in [0, 0.1) is 6.92 Å². The molecule has 4 heteroatoms. The molecule has 0 saturated carbocycles. The van der Waals surface area contributed by atoms with Gasteiger partial charge in [0.05, 0.1) is 12.0 Å². The second-order valence-corrected chi connectivity index (χ2v) is 3.83. The van der Waals surface area contributed by atoms with Crippen LogP contribution >= 0.6 is 0 Å². The van der Waals surface area contributed by atoms with Gasteiger partial charge in [-0.3, -0.25) is 0 Å². The van der Waals surface area contributed by atoms with E-state index in [4.69, 9.17) is 9.15 Å². The van der Waals surface area contributed by atoms with Crippen LogP contribution < -0.4 is 0 Å². The van der Waals surface area contributed by atoms with Crippen LogP contribution in [0.5, 0.6) is 5.75 Å². The number of carbonyl (C=O) groups excluding carboxylic acids is 1. The summed E-state index contributed by atoms with van der Waals surface area (Å²) in [6.45, 7) is 3.91. The number of phenolic OH excluding ortho intramolecular Hbond substituents is 1. The molecule has 2 aromatic rings. The zero-order valence-corrected chi connectivity index (χ0v) is 10.3. The second-order valence-electron chi connectivity index (χ2n) is 3.83. The van der Waals surface area contributed by atoms with E-state index in [0.29, 0.717) is 23.3 Å². The molecule has 0 aliphatic rings. The minimum atomic E-state index is -0.415. The van der Waals surface area contributed by atoms with E-state index in [-0.39, 0.29) is 5.75 Å². The largest absolute Gasteiger partial charge is 0.507 e. The number of furan rings is 1. The third-order valence-electron chi connectivity index (χ3n) is 2.63. The summed E-state index contributed by atoms with van der Waals surface area (Å²) in [5.41, 5.74) is 1.39. The van der Waals surface area contributed by atoms with E-state index < -0.39 is 5.97 Å². The molecular weight excluding hydrogens is 232 g/mol. The number of esters is 1. The summed E-state index contributed by atoms with van der Waals surface area (Å²) >= 11 is 0. The lowest BCUT2D eigenvalue weighted by atomic mass is 10.1. The van der Waals surface area contributed by atoms with Crippen LogP contribution in [-0.4, -0.2) is 17.7 Å². The minimum absolute atomic E-state index is 0.171. The fraction of sp³-hybridized carbons (Fsp3) is 0.214. The van der Waals surface area contributed by atoms with Crippen molar-refractivity contribution in [1.29, 1.82) is 0 Å². The Balaban J connectivity index is 2.38. The van der Waals surface area contributed by atoms with Gasteiger partial charge in [-0.15, -0.1) is 0 Å². The van der Waals surface area contributed by atoms with Gasteiger partial charge in [-0.2, -0.15) is 0 Å². The normalized spacial score (nSPS) is 11.2. The molecule has 0 atom stereocenters. The van der Waals surface area contributed by atoms with Gasteiger partial charge in [-0.1, -0.05) is 6.07 Å². The van der Waals surface area contributed by atoms with Crippen LogP contribution in [0.25, 0.3) is 17.0 Å². The zero-order valence-electron chi connectivity index (χ0n) is 10.3. The first-order valence-electron chi connectivity index (χ1n) is 5.69. The average molecular weight is 246 g/mol. The summed E-state index contributed by atoms with van der Waals surface area (Å²) in [5.74, 6) is 0.297. The molecule has 2 rings (SSSR count). The van der Waals surface area contributed by atoms with Crippen molar-refractivity contribution in [3.8, 4) is 5.75 Å². The molecule has 1 aromatic carbocycles. The molecule has 1 N–H and O–H groups in total. The molecule has 0 amide bonds. The summed E-state index contributed by atoms with van der Waals surface area (Å²) < 4.78 is 10.3. The van der Waals surface area contributed by atoms with Crippen molar-refractivity contribution in [2.45, 2.75) is 13.8 Å². The van der Waals surface area contributed by atoms with Crippen molar-refractivity contribution >= 4 is 23.0 Å². The monoisotopic (exact) mass is 246 g/mol. The Morgan fingerprint density at radius 2 is 2.28 bits per heavy atom. The third-order valence-corrected chi connectivity index (χ3v) is 2.63. The highest BCUT2D eigenvalue weighted by Crippen LogP contribution is 2.32. The summed E-state index contributed by atoms with van der Waals surface area (Å²) in [6, 6.07) is 5.08. The van der Waals surface area contributed by atoms with E-state index in [1.165, 1.54) is 6.08 Å². The van der Waals surface area contributed by atoms with Crippen LogP contribution in [0.1, 0.15) is 18.2 Å². The number of aryl methyl sites for hydroxylation is 1. The first-order chi connectivity index (χ1) is 8.63. The van der Waals surface area contributed by atoms with Crippen molar-refractivity contribution < 1.29 is 19.1 Å². The average Bonchev–Trinajstić information content (AvgIpc) is 2.65. The van der Waals surface area contributed by atoms with Gasteiger partial charge in [0.15, 0.2) is 0 Å². The fourth-order valence-electron chi connectivity index (χ4n) is 1.79. The fourth-order valence-corrected chi connectivity index (χ4v) is 1.79. The molecule has 1 heterocycles. The zero-order chi connectivity index (χ0) is 13.1. The lowest BCUT2D eigenvalue weighted by molar-refractivity contribution is -0.137. The molecule has 4 nitrogen and oxygen atoms in total. The number of benzene rings is 1. The molecular formula is C14H14O4. The van der Waals surface area contributed by atoms with Crippen LogP contribution in [0.2, 0.25) is 0 Å². The second kappa shape index (κ2) is 4.96. The quantitative estimate of drug-likeness (QED) is 0.668. The SMILES string of the molecule is CCOC(=O)/C=C/c1oc2cccc(O)c2c1C. The number of fused-ring (bicyclic) bond motifs is 1. The van der Waals surface area contributed by atoms with Crippen molar-refractivity contribution in [2.75, 3.05) is 6.61 Å². The van der Waals surface area contributed by atoms with Gasteiger partial charge in [0, 0.05) is 11.6 Å². The Labute approximate surface area is 104 Å². The van der Waals surface area contributed by atoms with E-state index in [9.17, 15) is 9.90 Å². The molecule has 18 heavy (non-hydrogen) atoms. The maximum Gasteiger partial charge on any atom is 0.330 e. The summed E-state index contributed by atoms with van der Waals surface area (Å²) in [5, 5.41) is 10.4. The van der Waals surface area contributed by atoms with Crippen LogP contribution in [0.15, 0.2) is 28.7 Å². The van der Waals surface area contributed by atoms with Crippen LogP contribution in [-0.2, 0) is 9.53 Å². The van der Waals surface area contributed by atoms with Crippen molar-refractivity contribution in [1.82, 2.24) is 0 Å². The number of carbonyl (C=O) groups is 1. The summed E-state index contributed by atoms with van der Waals surface area (Å²) in [7, 11) is 0. The van der Waals surface area contributed by atoms with Gasteiger partial charge in [0.2, 0.25) is 0 Å². The molecule has 0 fully saturated rings. The standard InChI is InChI=1S/C14H14O4/c1-3-17-13(16)8-7-11-9(2)14-10(15)5-4-6-12(14)18-11/h4-8,15H,3H2,1-2H3/b8-7+. The highest BCUT2D eigenvalue weighted by molar-refractivity contribution is 5.92. The van der Waals surface area contributed by atoms with E-state index >= 15 is 0 Å². The van der Waals surface area contributed by atoms with Crippen LogP contribution in [0.4, 0.5) is 0 Å². The van der Waals surface area contributed by atoms with Gasteiger partial charge in [0.25, 0.3) is 0 Å². The molecule has 0 bridgehead atoms. The number of phenols is 1.